The molecule has 0 bridgehead atoms. The van der Waals surface area contributed by atoms with E-state index in [9.17, 15) is 27.6 Å². The van der Waals surface area contributed by atoms with Gasteiger partial charge in [0.1, 0.15) is 41.8 Å². The maximum Gasteiger partial charge on any atom is 0.408 e. The van der Waals surface area contributed by atoms with Crippen molar-refractivity contribution in [2.24, 2.45) is 17.8 Å². The summed E-state index contributed by atoms with van der Waals surface area (Å²) in [6, 6.07) is 3.10. The number of rotatable bonds is 12. The molecule has 2 aromatic rings. The van der Waals surface area contributed by atoms with Gasteiger partial charge < -0.3 is 44.0 Å². The second-order valence-corrected chi connectivity index (χ2v) is 18.1. The van der Waals surface area contributed by atoms with Crippen LogP contribution in [-0.2, 0) is 38.6 Å². The fourth-order valence-electron chi connectivity index (χ4n) is 7.99. The maximum absolute atomic E-state index is 14.8. The Morgan fingerprint density at radius 2 is 1.86 bits per heavy atom. The van der Waals surface area contributed by atoms with E-state index in [0.29, 0.717) is 54.6 Å². The van der Waals surface area contributed by atoms with Crippen LogP contribution in [0.15, 0.2) is 36.5 Å². The molecule has 0 unspecified atom stereocenters. The van der Waals surface area contributed by atoms with Crippen molar-refractivity contribution >= 4 is 44.6 Å². The molecule has 322 valence electrons. The molecule has 7 rings (SSSR count). The smallest absolute Gasteiger partial charge is 0.408 e. The zero-order valence-electron chi connectivity index (χ0n) is 33.3. The van der Waals surface area contributed by atoms with E-state index in [1.54, 1.807) is 32.4 Å². The summed E-state index contributed by atoms with van der Waals surface area (Å²) in [4.78, 5) is 62.3. The Hall–Kier alpha value is -4.68. The maximum atomic E-state index is 14.8. The van der Waals surface area contributed by atoms with Crippen LogP contribution < -0.4 is 29.6 Å². The van der Waals surface area contributed by atoms with Crippen molar-refractivity contribution in [1.82, 2.24) is 25.2 Å². The van der Waals surface area contributed by atoms with Crippen LogP contribution in [-0.4, -0.2) is 124 Å². The van der Waals surface area contributed by atoms with Crippen molar-refractivity contribution in [2.45, 2.75) is 93.9 Å². The number of nitrogens with one attached hydrogen (secondary N) is 3. The van der Waals surface area contributed by atoms with E-state index in [4.69, 9.17) is 28.4 Å². The first-order valence-electron chi connectivity index (χ1n) is 20.0. The van der Waals surface area contributed by atoms with Gasteiger partial charge in [0.15, 0.2) is 6.10 Å². The van der Waals surface area contributed by atoms with Crippen molar-refractivity contribution in [2.75, 3.05) is 47.2 Å². The largest absolute Gasteiger partial charge is 0.497 e. The molecule has 2 saturated heterocycles. The summed E-state index contributed by atoms with van der Waals surface area (Å²) in [6.07, 6.45) is 6.48. The molecule has 18 heteroatoms. The number of carbonyl (C=O) groups is 4. The summed E-state index contributed by atoms with van der Waals surface area (Å²) in [6.45, 7) is 5.04. The SMILES string of the molecule is COCCOc1cnc(O[C@@H]2C[C@H]3C(=O)N[C@]4(C(=O)NS(=O)(=O)C5CC5)C[C@H]4/C=C\CC[C@H](C)C[C@@H](C)[C@H](NC(=O)OC4COC4)C(=O)N3C2)c2ccc(OC)cc12.[HH].[HH].[HH]. The molecule has 58 heavy (non-hydrogen) atoms. The van der Waals surface area contributed by atoms with E-state index >= 15 is 0 Å². The molecule has 3 aliphatic heterocycles. The van der Waals surface area contributed by atoms with E-state index in [-0.39, 0.29) is 61.2 Å². The van der Waals surface area contributed by atoms with E-state index in [0.717, 1.165) is 6.42 Å². The predicted molar refractivity (Wildman–Crippen MR) is 215 cm³/mol. The lowest BCUT2D eigenvalue weighted by atomic mass is 9.88. The zero-order valence-corrected chi connectivity index (χ0v) is 34.1. The normalized spacial score (nSPS) is 29.7. The molecule has 4 heterocycles. The van der Waals surface area contributed by atoms with E-state index < -0.39 is 74.8 Å². The van der Waals surface area contributed by atoms with Crippen molar-refractivity contribution in [3.05, 3.63) is 36.5 Å². The molecule has 1 aromatic heterocycles. The van der Waals surface area contributed by atoms with Gasteiger partial charge in [-0.2, -0.15) is 0 Å². The Balaban J connectivity index is 0.00000273. The zero-order chi connectivity index (χ0) is 41.2. The molecule has 3 N–H and O–H groups in total. The Bertz CT molecular complexity index is 2040. The predicted octanol–water partition coefficient (Wildman–Crippen LogP) is 3.34. The third-order valence-corrected chi connectivity index (χ3v) is 13.4. The highest BCUT2D eigenvalue weighted by molar-refractivity contribution is 7.91. The Morgan fingerprint density at radius 1 is 1.07 bits per heavy atom. The number of allylic oxidation sites excluding steroid dienone is 1. The van der Waals surface area contributed by atoms with Gasteiger partial charge in [-0.25, -0.2) is 18.2 Å². The topological polar surface area (TPSA) is 210 Å². The number of aromatic nitrogens is 1. The molecule has 2 aliphatic carbocycles. The lowest BCUT2D eigenvalue weighted by Gasteiger charge is -2.33. The highest BCUT2D eigenvalue weighted by Crippen LogP contribution is 2.46. The van der Waals surface area contributed by atoms with Crippen LogP contribution >= 0.6 is 0 Å². The third-order valence-electron chi connectivity index (χ3n) is 11.6. The lowest BCUT2D eigenvalue weighted by Crippen LogP contribution is -2.59. The molecule has 5 aliphatic rings. The summed E-state index contributed by atoms with van der Waals surface area (Å²) in [5.74, 6) is -1.38. The number of fused-ring (bicyclic) bond motifs is 3. The van der Waals surface area contributed by atoms with Crippen LogP contribution in [0.3, 0.4) is 0 Å². The molecule has 17 nitrogen and oxygen atoms in total. The molecule has 0 spiro atoms. The standard InChI is InChI=1S/C40H53N5O12S.3H2/c1-23-7-5-6-8-25-18-40(25,38(48)44-58(50,51)29-10-11-29)43-35(46)32-17-27(20-45(32)37(47)34(24(2)15-23)42-39(49)57-28-21-54-22-28)56-36-30-12-9-26(53-4)16-31(30)33(19-41-36)55-14-13-52-3;;;/h6,8-9,12,16,19,23-25,27-29,32,34H,5,7,10-11,13-15,17-18,20-22H2,1-4H3,(H,42,49)(H,43,46)(H,44,48);3*1H/b8-6-;;;/t23-,24+,25+,27+,32-,34-,40+;;;/m0.../s1. The minimum absolute atomic E-state index is 0. The second kappa shape index (κ2) is 17.3. The monoisotopic (exact) mass is 833 g/mol. The van der Waals surface area contributed by atoms with E-state index in [1.807, 2.05) is 19.1 Å². The lowest BCUT2D eigenvalue weighted by molar-refractivity contribution is -0.142. The van der Waals surface area contributed by atoms with Gasteiger partial charge in [-0.15, -0.1) is 0 Å². The van der Waals surface area contributed by atoms with E-state index in [1.165, 1.54) is 11.1 Å². The number of alkyl carbamates (subject to hydrolysis) is 1. The molecule has 4 fully saturated rings. The van der Waals surface area contributed by atoms with Crippen molar-refractivity contribution in [1.29, 1.82) is 0 Å². The minimum Gasteiger partial charge on any atom is -0.497 e. The fourth-order valence-corrected chi connectivity index (χ4v) is 9.35. The van der Waals surface area contributed by atoms with Gasteiger partial charge in [0.2, 0.25) is 27.7 Å². The van der Waals surface area contributed by atoms with Gasteiger partial charge in [0.25, 0.3) is 5.91 Å². The first-order chi connectivity index (χ1) is 27.8. The highest BCUT2D eigenvalue weighted by Gasteiger charge is 2.62. The van der Waals surface area contributed by atoms with Gasteiger partial charge in [0, 0.05) is 34.5 Å². The number of hydrogen-bond acceptors (Lipinski definition) is 13. The average Bonchev–Trinajstić information content (AvgIpc) is 4.11. The van der Waals surface area contributed by atoms with Gasteiger partial charge in [-0.1, -0.05) is 26.0 Å². The average molecular weight is 834 g/mol. The van der Waals surface area contributed by atoms with Gasteiger partial charge in [-0.3, -0.25) is 19.1 Å². The molecular formula is C40H59N5O12S. The van der Waals surface area contributed by atoms with Gasteiger partial charge in [0.05, 0.1) is 44.9 Å². The van der Waals surface area contributed by atoms with Crippen LogP contribution in [0.25, 0.3) is 10.8 Å². The van der Waals surface area contributed by atoms with Crippen molar-refractivity contribution < 1.29 is 60.3 Å². The third kappa shape index (κ3) is 9.13. The quantitative estimate of drug-likeness (QED) is 0.207. The van der Waals surface area contributed by atoms with E-state index in [2.05, 4.69) is 27.3 Å². The second-order valence-electron chi connectivity index (χ2n) is 16.1. The molecular weight excluding hydrogens is 775 g/mol. The van der Waals surface area contributed by atoms with Crippen LogP contribution in [0.4, 0.5) is 4.79 Å². The number of benzene rings is 1. The number of carbonyl (C=O) groups excluding carboxylic acids is 4. The number of hydrogen-bond donors (Lipinski definition) is 3. The van der Waals surface area contributed by atoms with Crippen LogP contribution in [0, 0.1) is 17.8 Å². The fraction of sp³-hybridized carbons (Fsp3) is 0.625. The Labute approximate surface area is 342 Å². The molecule has 2 saturated carbocycles. The number of amides is 4. The summed E-state index contributed by atoms with van der Waals surface area (Å²) in [5.41, 5.74) is -1.54. The molecule has 0 radical (unpaired) electrons. The summed E-state index contributed by atoms with van der Waals surface area (Å²) < 4.78 is 61.8. The Kier molecular flexibility index (Phi) is 12.4. The van der Waals surface area contributed by atoms with Crippen LogP contribution in [0.5, 0.6) is 17.4 Å². The molecule has 7 atom stereocenters. The minimum atomic E-state index is -3.92. The molecule has 1 aromatic carbocycles. The van der Waals surface area contributed by atoms with Crippen molar-refractivity contribution in [3.63, 3.8) is 0 Å². The summed E-state index contributed by atoms with van der Waals surface area (Å²) >= 11 is 0. The Morgan fingerprint density at radius 3 is 2.57 bits per heavy atom. The number of nitrogens with zero attached hydrogens (tertiary/aromatic N) is 2. The van der Waals surface area contributed by atoms with Crippen LogP contribution in [0.1, 0.15) is 63.1 Å². The summed E-state index contributed by atoms with van der Waals surface area (Å²) in [5, 5.41) is 6.30. The van der Waals surface area contributed by atoms with Gasteiger partial charge in [-0.05, 0) is 68.6 Å². The highest BCUT2D eigenvalue weighted by atomic mass is 32.2. The first kappa shape index (κ1) is 41.5. The molecule has 4 amide bonds. The summed E-state index contributed by atoms with van der Waals surface area (Å²) in [7, 11) is -0.793. The first-order valence-corrected chi connectivity index (χ1v) is 21.5. The number of ether oxygens (including phenoxy) is 6. The van der Waals surface area contributed by atoms with Crippen LogP contribution in [0.2, 0.25) is 0 Å². The number of pyridine rings is 1. The number of methoxy groups -OCH3 is 2. The number of sulfonamides is 1. The van der Waals surface area contributed by atoms with Crippen molar-refractivity contribution in [3.8, 4) is 17.4 Å². The van der Waals surface area contributed by atoms with Gasteiger partial charge >= 0.3 is 6.09 Å².